The maximum Gasteiger partial charge on any atom is 0.239 e. The van der Waals surface area contributed by atoms with Crippen molar-refractivity contribution in [2.75, 3.05) is 18.1 Å². The first-order valence-electron chi connectivity index (χ1n) is 7.31. The van der Waals surface area contributed by atoms with E-state index in [2.05, 4.69) is 5.32 Å². The van der Waals surface area contributed by atoms with Gasteiger partial charge in [-0.1, -0.05) is 36.4 Å². The van der Waals surface area contributed by atoms with Crippen LogP contribution in [0.4, 0.5) is 10.1 Å². The molecule has 0 bridgehead atoms. The van der Waals surface area contributed by atoms with E-state index >= 15 is 0 Å². The summed E-state index contributed by atoms with van der Waals surface area (Å²) in [5.74, 6) is -0.995. The summed E-state index contributed by atoms with van der Waals surface area (Å²) >= 11 is 0. The number of carbonyl (C=O) groups excluding carboxylic acids is 1. The van der Waals surface area contributed by atoms with Gasteiger partial charge in [-0.15, -0.1) is 0 Å². The highest BCUT2D eigenvalue weighted by atomic mass is 32.2. The van der Waals surface area contributed by atoms with Crippen molar-refractivity contribution in [2.45, 2.75) is 13.5 Å². The van der Waals surface area contributed by atoms with E-state index in [4.69, 9.17) is 0 Å². The zero-order chi connectivity index (χ0) is 17.7. The first kappa shape index (κ1) is 18.1. The van der Waals surface area contributed by atoms with E-state index < -0.39 is 21.7 Å². The highest BCUT2D eigenvalue weighted by molar-refractivity contribution is 7.88. The van der Waals surface area contributed by atoms with Gasteiger partial charge >= 0.3 is 0 Å². The van der Waals surface area contributed by atoms with E-state index in [1.54, 1.807) is 37.3 Å². The number of nitrogens with zero attached hydrogens (tertiary/aromatic N) is 1. The Morgan fingerprint density at radius 3 is 2.46 bits per heavy atom. The molecule has 2 rings (SSSR count). The van der Waals surface area contributed by atoms with Crippen molar-refractivity contribution in [1.29, 1.82) is 0 Å². The predicted octanol–water partition coefficient (Wildman–Crippen LogP) is 2.53. The number of benzene rings is 2. The molecule has 1 N–H and O–H groups in total. The fourth-order valence-corrected chi connectivity index (χ4v) is 2.89. The third-order valence-corrected chi connectivity index (χ3v) is 4.66. The lowest BCUT2D eigenvalue weighted by Crippen LogP contribution is -2.37. The van der Waals surface area contributed by atoms with Crippen molar-refractivity contribution in [1.82, 2.24) is 4.31 Å². The number of halogens is 1. The Kier molecular flexibility index (Phi) is 5.69. The number of nitrogens with one attached hydrogen (secondary N) is 1. The molecular formula is C17H19FN2O3S. The molecular weight excluding hydrogens is 331 g/mol. The van der Waals surface area contributed by atoms with E-state index in [9.17, 15) is 17.6 Å². The molecule has 0 saturated heterocycles. The molecule has 24 heavy (non-hydrogen) atoms. The summed E-state index contributed by atoms with van der Waals surface area (Å²) in [5, 5.41) is 2.55. The summed E-state index contributed by atoms with van der Waals surface area (Å²) in [5.41, 5.74) is 1.80. The Morgan fingerprint density at radius 1 is 1.17 bits per heavy atom. The lowest BCUT2D eigenvalue weighted by molar-refractivity contribution is -0.116. The summed E-state index contributed by atoms with van der Waals surface area (Å²) in [4.78, 5) is 12.2. The summed E-state index contributed by atoms with van der Waals surface area (Å²) in [6, 6.07) is 13.0. The first-order chi connectivity index (χ1) is 11.3. The van der Waals surface area contributed by atoms with Crippen LogP contribution in [0.5, 0.6) is 0 Å². The zero-order valence-corrected chi connectivity index (χ0v) is 14.3. The number of sulfonamides is 1. The van der Waals surface area contributed by atoms with Crippen molar-refractivity contribution < 1.29 is 17.6 Å². The molecule has 128 valence electrons. The fraction of sp³-hybridized carbons (Fsp3) is 0.235. The largest absolute Gasteiger partial charge is 0.325 e. The number of amides is 1. The second kappa shape index (κ2) is 7.55. The molecule has 0 aromatic heterocycles. The topological polar surface area (TPSA) is 66.5 Å². The smallest absolute Gasteiger partial charge is 0.239 e. The molecule has 0 saturated carbocycles. The van der Waals surface area contributed by atoms with Gasteiger partial charge in [-0.3, -0.25) is 4.79 Å². The molecule has 7 heteroatoms. The predicted molar refractivity (Wildman–Crippen MR) is 91.5 cm³/mol. The highest BCUT2D eigenvalue weighted by Gasteiger charge is 2.21. The molecule has 0 atom stereocenters. The molecule has 0 heterocycles. The molecule has 2 aromatic carbocycles. The van der Waals surface area contributed by atoms with Gasteiger partial charge < -0.3 is 5.32 Å². The minimum atomic E-state index is -3.57. The zero-order valence-electron chi connectivity index (χ0n) is 13.5. The highest BCUT2D eigenvalue weighted by Crippen LogP contribution is 2.16. The molecule has 1 amide bonds. The van der Waals surface area contributed by atoms with Crippen LogP contribution in [-0.2, 0) is 21.4 Å². The van der Waals surface area contributed by atoms with Crippen LogP contribution >= 0.6 is 0 Å². The second-order valence-corrected chi connectivity index (χ2v) is 7.51. The van der Waals surface area contributed by atoms with Crippen molar-refractivity contribution >= 4 is 21.6 Å². The minimum absolute atomic E-state index is 0.0925. The van der Waals surface area contributed by atoms with E-state index in [-0.39, 0.29) is 13.1 Å². The normalized spacial score (nSPS) is 11.5. The summed E-state index contributed by atoms with van der Waals surface area (Å²) in [7, 11) is -3.57. The van der Waals surface area contributed by atoms with Crippen LogP contribution in [0.3, 0.4) is 0 Å². The van der Waals surface area contributed by atoms with Gasteiger partial charge in [-0.05, 0) is 30.2 Å². The maximum absolute atomic E-state index is 13.3. The van der Waals surface area contributed by atoms with Crippen LogP contribution in [0.1, 0.15) is 11.1 Å². The minimum Gasteiger partial charge on any atom is -0.325 e. The van der Waals surface area contributed by atoms with Gasteiger partial charge in [-0.25, -0.2) is 12.8 Å². The average Bonchev–Trinajstić information content (AvgIpc) is 2.50. The Morgan fingerprint density at radius 2 is 1.83 bits per heavy atom. The van der Waals surface area contributed by atoms with Crippen molar-refractivity contribution in [3.63, 3.8) is 0 Å². The standard InChI is InChI=1S/C17H19FN2O3S/c1-13-8-9-15(18)10-16(13)19-17(21)12-20(24(2,22)23)11-14-6-4-3-5-7-14/h3-10H,11-12H2,1-2H3,(H,19,21). The molecule has 0 radical (unpaired) electrons. The number of rotatable bonds is 6. The monoisotopic (exact) mass is 350 g/mol. The van der Waals surface area contributed by atoms with Gasteiger partial charge in [0.15, 0.2) is 0 Å². The SMILES string of the molecule is Cc1ccc(F)cc1NC(=O)CN(Cc1ccccc1)S(C)(=O)=O. The molecule has 5 nitrogen and oxygen atoms in total. The van der Waals surface area contributed by atoms with Gasteiger partial charge in [0.25, 0.3) is 0 Å². The lowest BCUT2D eigenvalue weighted by Gasteiger charge is -2.20. The van der Waals surface area contributed by atoms with Gasteiger partial charge in [-0.2, -0.15) is 4.31 Å². The molecule has 0 aliphatic rings. The Balaban J connectivity index is 2.12. The third-order valence-electron chi connectivity index (χ3n) is 3.46. The van der Waals surface area contributed by atoms with Gasteiger partial charge in [0, 0.05) is 12.2 Å². The molecule has 0 spiro atoms. The van der Waals surface area contributed by atoms with Crippen LogP contribution in [0.2, 0.25) is 0 Å². The van der Waals surface area contributed by atoms with E-state index in [0.717, 1.165) is 16.1 Å². The Bertz CT molecular complexity index is 823. The van der Waals surface area contributed by atoms with Crippen LogP contribution in [0.25, 0.3) is 0 Å². The van der Waals surface area contributed by atoms with Crippen molar-refractivity contribution in [3.05, 3.63) is 65.5 Å². The van der Waals surface area contributed by atoms with Gasteiger partial charge in [0.2, 0.25) is 15.9 Å². The second-order valence-electron chi connectivity index (χ2n) is 5.52. The molecule has 2 aromatic rings. The van der Waals surface area contributed by atoms with E-state index in [1.807, 2.05) is 6.07 Å². The van der Waals surface area contributed by atoms with E-state index in [1.165, 1.54) is 12.1 Å². The Hall–Kier alpha value is -2.25. The van der Waals surface area contributed by atoms with Crippen molar-refractivity contribution in [3.8, 4) is 0 Å². The quantitative estimate of drug-likeness (QED) is 0.871. The Labute approximate surface area is 141 Å². The number of hydrogen-bond donors (Lipinski definition) is 1. The van der Waals surface area contributed by atoms with Crippen LogP contribution in [0.15, 0.2) is 48.5 Å². The first-order valence-corrected chi connectivity index (χ1v) is 9.15. The average molecular weight is 350 g/mol. The molecule has 0 unspecified atom stereocenters. The van der Waals surface area contributed by atoms with Crippen LogP contribution in [-0.4, -0.2) is 31.4 Å². The number of carbonyl (C=O) groups is 1. The summed E-state index contributed by atoms with van der Waals surface area (Å²) in [6.07, 6.45) is 1.05. The van der Waals surface area contributed by atoms with Crippen LogP contribution in [0, 0.1) is 12.7 Å². The van der Waals surface area contributed by atoms with Gasteiger partial charge in [0.05, 0.1) is 12.8 Å². The number of hydrogen-bond acceptors (Lipinski definition) is 3. The molecule has 0 aliphatic heterocycles. The summed E-state index contributed by atoms with van der Waals surface area (Å²) in [6.45, 7) is 1.48. The van der Waals surface area contributed by atoms with Crippen molar-refractivity contribution in [2.24, 2.45) is 0 Å². The molecule has 0 aliphatic carbocycles. The summed E-state index contributed by atoms with van der Waals surface area (Å²) < 4.78 is 38.2. The van der Waals surface area contributed by atoms with Crippen LogP contribution < -0.4 is 5.32 Å². The lowest BCUT2D eigenvalue weighted by atomic mass is 10.2. The third kappa shape index (κ3) is 5.14. The number of aryl methyl sites for hydroxylation is 1. The van der Waals surface area contributed by atoms with E-state index in [0.29, 0.717) is 11.3 Å². The fourth-order valence-electron chi connectivity index (χ4n) is 2.16. The maximum atomic E-state index is 13.3. The molecule has 0 fully saturated rings. The van der Waals surface area contributed by atoms with Gasteiger partial charge in [0.1, 0.15) is 5.82 Å². The number of anilines is 1.